The highest BCUT2D eigenvalue weighted by Gasteiger charge is 2.13. The fourth-order valence-electron chi connectivity index (χ4n) is 1.68. The molecule has 4 nitrogen and oxygen atoms in total. The maximum atomic E-state index is 10.7. The molecule has 0 unspecified atom stereocenters. The molecule has 6 heteroatoms. The number of halogens is 2. The summed E-state index contributed by atoms with van der Waals surface area (Å²) in [5.74, 6) is -0.889. The lowest BCUT2D eigenvalue weighted by molar-refractivity contribution is -0.136. The van der Waals surface area contributed by atoms with Gasteiger partial charge in [-0.25, -0.2) is 4.68 Å². The quantitative estimate of drug-likeness (QED) is 0.942. The predicted octanol–water partition coefficient (Wildman–Crippen LogP) is 3.11. The van der Waals surface area contributed by atoms with Gasteiger partial charge in [-0.15, -0.1) is 0 Å². The molecule has 0 radical (unpaired) electrons. The molecule has 0 aliphatic heterocycles. The molecule has 0 saturated carbocycles. The van der Waals surface area contributed by atoms with Crippen molar-refractivity contribution in [2.45, 2.75) is 13.3 Å². The molecule has 1 heterocycles. The highest BCUT2D eigenvalue weighted by molar-refractivity contribution is 6.35. The van der Waals surface area contributed by atoms with Crippen LogP contribution in [0.1, 0.15) is 11.3 Å². The Labute approximate surface area is 114 Å². The highest BCUT2D eigenvalue weighted by atomic mass is 35.5. The zero-order valence-electron chi connectivity index (χ0n) is 9.52. The first-order chi connectivity index (χ1) is 8.49. The Morgan fingerprint density at radius 1 is 1.44 bits per heavy atom. The van der Waals surface area contributed by atoms with E-state index in [1.807, 2.05) is 0 Å². The van der Waals surface area contributed by atoms with Gasteiger partial charge >= 0.3 is 5.97 Å². The molecule has 94 valence electrons. The molecule has 0 saturated heterocycles. The van der Waals surface area contributed by atoms with Gasteiger partial charge in [0.1, 0.15) is 0 Å². The van der Waals surface area contributed by atoms with E-state index in [1.54, 1.807) is 29.8 Å². The first kappa shape index (κ1) is 12.9. The molecular weight excluding hydrogens is 275 g/mol. The Morgan fingerprint density at radius 3 is 2.78 bits per heavy atom. The number of benzene rings is 1. The van der Waals surface area contributed by atoms with Crippen LogP contribution in [0.15, 0.2) is 24.4 Å². The normalized spacial score (nSPS) is 10.6. The van der Waals surface area contributed by atoms with E-state index < -0.39 is 5.97 Å². The third-order valence-electron chi connectivity index (χ3n) is 2.59. The van der Waals surface area contributed by atoms with Gasteiger partial charge in [-0.2, -0.15) is 5.10 Å². The van der Waals surface area contributed by atoms with E-state index in [9.17, 15) is 4.79 Å². The first-order valence-electron chi connectivity index (χ1n) is 5.19. The fraction of sp³-hybridized carbons (Fsp3) is 0.167. The van der Waals surface area contributed by atoms with E-state index in [1.165, 1.54) is 6.20 Å². The monoisotopic (exact) mass is 284 g/mol. The second-order valence-electron chi connectivity index (χ2n) is 3.83. The van der Waals surface area contributed by atoms with Crippen molar-refractivity contribution in [1.82, 2.24) is 9.78 Å². The maximum absolute atomic E-state index is 10.7. The smallest absolute Gasteiger partial charge is 0.307 e. The van der Waals surface area contributed by atoms with Crippen LogP contribution in [0.3, 0.4) is 0 Å². The van der Waals surface area contributed by atoms with Crippen LogP contribution in [0, 0.1) is 6.92 Å². The van der Waals surface area contributed by atoms with Crippen molar-refractivity contribution in [3.63, 3.8) is 0 Å². The number of hydrogen-bond donors (Lipinski definition) is 1. The molecule has 1 N–H and O–H groups in total. The first-order valence-corrected chi connectivity index (χ1v) is 5.95. The van der Waals surface area contributed by atoms with Crippen molar-refractivity contribution in [1.29, 1.82) is 0 Å². The van der Waals surface area contributed by atoms with Crippen molar-refractivity contribution >= 4 is 29.2 Å². The van der Waals surface area contributed by atoms with Crippen LogP contribution in [0.25, 0.3) is 5.69 Å². The predicted molar refractivity (Wildman–Crippen MR) is 69.7 cm³/mol. The molecule has 0 atom stereocenters. The summed E-state index contributed by atoms with van der Waals surface area (Å²) < 4.78 is 1.61. The highest BCUT2D eigenvalue weighted by Crippen LogP contribution is 2.25. The maximum Gasteiger partial charge on any atom is 0.307 e. The average Bonchev–Trinajstić information content (AvgIpc) is 2.60. The van der Waals surface area contributed by atoms with Gasteiger partial charge in [0.2, 0.25) is 0 Å². The van der Waals surface area contributed by atoms with Crippen molar-refractivity contribution in [3.8, 4) is 5.69 Å². The summed E-state index contributed by atoms with van der Waals surface area (Å²) in [6.07, 6.45) is 1.48. The Hall–Kier alpha value is -1.52. The Bertz CT molecular complexity index is 608. The summed E-state index contributed by atoms with van der Waals surface area (Å²) in [6.45, 7) is 1.80. The topological polar surface area (TPSA) is 55.1 Å². The number of nitrogens with zero attached hydrogens (tertiary/aromatic N) is 2. The number of rotatable bonds is 3. The SMILES string of the molecule is Cc1c(CC(=O)O)cnn1-c1ccc(Cl)cc1Cl. The number of carbonyl (C=O) groups is 1. The molecule has 0 amide bonds. The van der Waals surface area contributed by atoms with Gasteiger partial charge in [-0.3, -0.25) is 4.79 Å². The fourth-order valence-corrected chi connectivity index (χ4v) is 2.16. The lowest BCUT2D eigenvalue weighted by Gasteiger charge is -2.07. The second kappa shape index (κ2) is 5.00. The number of hydrogen-bond acceptors (Lipinski definition) is 2. The lowest BCUT2D eigenvalue weighted by Crippen LogP contribution is -2.03. The Morgan fingerprint density at radius 2 is 2.17 bits per heavy atom. The Kier molecular flexibility index (Phi) is 3.59. The van der Waals surface area contributed by atoms with E-state index in [0.29, 0.717) is 21.3 Å². The molecule has 0 fully saturated rings. The van der Waals surface area contributed by atoms with Crippen LogP contribution in [0.4, 0.5) is 0 Å². The summed E-state index contributed by atoms with van der Waals surface area (Å²) in [6, 6.07) is 5.08. The van der Waals surface area contributed by atoms with Crippen LogP contribution in [-0.4, -0.2) is 20.9 Å². The molecular formula is C12H10Cl2N2O2. The number of carboxylic acids is 1. The van der Waals surface area contributed by atoms with Gasteiger partial charge in [0.25, 0.3) is 0 Å². The van der Waals surface area contributed by atoms with Crippen molar-refractivity contribution in [2.75, 3.05) is 0 Å². The van der Waals surface area contributed by atoms with E-state index in [-0.39, 0.29) is 6.42 Å². The van der Waals surface area contributed by atoms with Gasteiger partial charge in [-0.05, 0) is 25.1 Å². The van der Waals surface area contributed by atoms with Crippen molar-refractivity contribution < 1.29 is 9.90 Å². The van der Waals surface area contributed by atoms with E-state index in [2.05, 4.69) is 5.10 Å². The molecule has 2 rings (SSSR count). The lowest BCUT2D eigenvalue weighted by atomic mass is 10.2. The summed E-state index contributed by atoms with van der Waals surface area (Å²) in [5.41, 5.74) is 2.09. The molecule has 0 bridgehead atoms. The van der Waals surface area contributed by atoms with Gasteiger partial charge in [0, 0.05) is 16.3 Å². The van der Waals surface area contributed by atoms with E-state index >= 15 is 0 Å². The Balaban J connectivity index is 2.45. The molecule has 2 aromatic rings. The minimum Gasteiger partial charge on any atom is -0.481 e. The van der Waals surface area contributed by atoms with Gasteiger partial charge in [0.15, 0.2) is 0 Å². The molecule has 18 heavy (non-hydrogen) atoms. The summed E-state index contributed by atoms with van der Waals surface area (Å²) in [4.78, 5) is 10.7. The number of aliphatic carboxylic acids is 1. The van der Waals surface area contributed by atoms with Crippen LogP contribution in [0.5, 0.6) is 0 Å². The molecule has 0 spiro atoms. The van der Waals surface area contributed by atoms with E-state index in [0.717, 1.165) is 5.69 Å². The average molecular weight is 285 g/mol. The molecule has 0 aliphatic rings. The molecule has 1 aromatic carbocycles. The summed E-state index contributed by atoms with van der Waals surface area (Å²) >= 11 is 11.9. The van der Waals surface area contributed by atoms with Gasteiger partial charge in [-0.1, -0.05) is 23.2 Å². The zero-order valence-corrected chi connectivity index (χ0v) is 11.0. The minimum absolute atomic E-state index is 0.0585. The second-order valence-corrected chi connectivity index (χ2v) is 4.68. The standard InChI is InChI=1S/C12H10Cl2N2O2/c1-7-8(4-12(17)18)6-15-16(7)11-3-2-9(13)5-10(11)14/h2-3,5-6H,4H2,1H3,(H,17,18). The largest absolute Gasteiger partial charge is 0.481 e. The number of carboxylic acid groups (broad SMARTS) is 1. The van der Waals surface area contributed by atoms with Crippen molar-refractivity contribution in [3.05, 3.63) is 45.7 Å². The van der Waals surface area contributed by atoms with Gasteiger partial charge in [0.05, 0.1) is 23.3 Å². The van der Waals surface area contributed by atoms with E-state index in [4.69, 9.17) is 28.3 Å². The summed E-state index contributed by atoms with van der Waals surface area (Å²) in [5, 5.41) is 13.9. The number of aromatic nitrogens is 2. The third-order valence-corrected chi connectivity index (χ3v) is 3.13. The van der Waals surface area contributed by atoms with Crippen LogP contribution >= 0.6 is 23.2 Å². The zero-order chi connectivity index (χ0) is 13.3. The molecule has 0 aliphatic carbocycles. The van der Waals surface area contributed by atoms with Crippen LogP contribution in [0.2, 0.25) is 10.0 Å². The third kappa shape index (κ3) is 2.49. The van der Waals surface area contributed by atoms with Crippen molar-refractivity contribution in [2.24, 2.45) is 0 Å². The van der Waals surface area contributed by atoms with Crippen LogP contribution in [-0.2, 0) is 11.2 Å². The van der Waals surface area contributed by atoms with Gasteiger partial charge < -0.3 is 5.11 Å². The molecule has 1 aromatic heterocycles. The van der Waals surface area contributed by atoms with Crippen LogP contribution < -0.4 is 0 Å². The summed E-state index contributed by atoms with van der Waals surface area (Å²) in [7, 11) is 0. The minimum atomic E-state index is -0.889.